The second-order valence-corrected chi connectivity index (χ2v) is 9.95. The average molecular weight is 436 g/mol. The number of anilines is 1. The van der Waals surface area contributed by atoms with Crippen molar-refractivity contribution in [1.29, 1.82) is 0 Å². The summed E-state index contributed by atoms with van der Waals surface area (Å²) in [6.45, 7) is 10.1. The Bertz CT molecular complexity index is 725. The zero-order chi connectivity index (χ0) is 21.8. The molecule has 0 bridgehead atoms. The predicted molar refractivity (Wildman–Crippen MR) is 116 cm³/mol. The summed E-state index contributed by atoms with van der Waals surface area (Å²) < 4.78 is 22.6. The van der Waals surface area contributed by atoms with Crippen LogP contribution < -0.4 is 5.32 Å². The fourth-order valence-corrected chi connectivity index (χ4v) is 4.83. The van der Waals surface area contributed by atoms with Crippen LogP contribution in [0.3, 0.4) is 0 Å². The van der Waals surface area contributed by atoms with Crippen molar-refractivity contribution in [2.75, 3.05) is 38.3 Å². The van der Waals surface area contributed by atoms with Crippen LogP contribution in [-0.4, -0.2) is 67.3 Å². The van der Waals surface area contributed by atoms with E-state index in [2.05, 4.69) is 36.1 Å². The number of nitrogens with one attached hydrogen (secondary N) is 1. The molecule has 3 saturated heterocycles. The summed E-state index contributed by atoms with van der Waals surface area (Å²) in [7, 11) is 0. The summed E-state index contributed by atoms with van der Waals surface area (Å²) >= 11 is 0. The van der Waals surface area contributed by atoms with Gasteiger partial charge in [0.15, 0.2) is 6.29 Å². The van der Waals surface area contributed by atoms with Gasteiger partial charge in [-0.05, 0) is 44.4 Å². The molecule has 0 saturated carbocycles. The number of carbonyl (C=O) groups is 1. The molecule has 31 heavy (non-hydrogen) atoms. The number of rotatable bonds is 7. The van der Waals surface area contributed by atoms with Crippen LogP contribution in [0.4, 0.5) is 5.88 Å². The highest BCUT2D eigenvalue weighted by Crippen LogP contribution is 2.31. The molecular weight excluding hydrogens is 398 g/mol. The molecule has 0 radical (unpaired) electrons. The van der Waals surface area contributed by atoms with E-state index in [4.69, 9.17) is 18.7 Å². The van der Waals surface area contributed by atoms with Crippen LogP contribution in [0.25, 0.3) is 0 Å². The van der Waals surface area contributed by atoms with Gasteiger partial charge < -0.3 is 18.7 Å². The maximum absolute atomic E-state index is 13.1. The Morgan fingerprint density at radius 3 is 2.81 bits per heavy atom. The lowest BCUT2D eigenvalue weighted by atomic mass is 9.90. The molecule has 1 aromatic rings. The first-order chi connectivity index (χ1) is 14.9. The van der Waals surface area contributed by atoms with Crippen molar-refractivity contribution in [3.05, 3.63) is 11.8 Å². The minimum Gasteiger partial charge on any atom is -0.381 e. The topological polar surface area (TPSA) is 86.1 Å². The van der Waals surface area contributed by atoms with Crippen molar-refractivity contribution in [2.45, 2.75) is 83.1 Å². The second kappa shape index (κ2) is 9.98. The van der Waals surface area contributed by atoms with Crippen molar-refractivity contribution >= 4 is 11.8 Å². The van der Waals surface area contributed by atoms with E-state index < -0.39 is 0 Å². The number of aromatic nitrogens is 1. The first-order valence-corrected chi connectivity index (χ1v) is 11.8. The largest absolute Gasteiger partial charge is 0.381 e. The quantitative estimate of drug-likeness (QED) is 0.703. The first-order valence-electron chi connectivity index (χ1n) is 11.8. The van der Waals surface area contributed by atoms with Crippen LogP contribution in [-0.2, 0) is 24.4 Å². The Labute approximate surface area is 184 Å². The molecular formula is C23H37N3O5. The average Bonchev–Trinajstić information content (AvgIpc) is 3.41. The van der Waals surface area contributed by atoms with E-state index in [-0.39, 0.29) is 23.7 Å². The minimum absolute atomic E-state index is 0.0109. The van der Waals surface area contributed by atoms with Crippen molar-refractivity contribution in [3.63, 3.8) is 0 Å². The highest BCUT2D eigenvalue weighted by Gasteiger charge is 2.39. The lowest BCUT2D eigenvalue weighted by molar-refractivity contribution is -0.170. The van der Waals surface area contributed by atoms with Gasteiger partial charge in [-0.2, -0.15) is 0 Å². The van der Waals surface area contributed by atoms with Gasteiger partial charge in [-0.3, -0.25) is 15.0 Å². The standard InChI is InChI=1S/C23H37N3O5/c1-16-12-18(26(14-16)17-7-10-28-11-8-17)22(27)24-20-13-19(25-31-20)23(2,3)15-30-21-6-4-5-9-29-21/h13,16-18,21H,4-12,14-15H2,1-3H3,(H,24,27)/t16?,18-,21?/m0/s1. The van der Waals surface area contributed by atoms with Gasteiger partial charge >= 0.3 is 0 Å². The zero-order valence-electron chi connectivity index (χ0n) is 19.1. The van der Waals surface area contributed by atoms with Crippen molar-refractivity contribution in [3.8, 4) is 0 Å². The third kappa shape index (κ3) is 5.66. The zero-order valence-corrected chi connectivity index (χ0v) is 19.1. The number of hydrogen-bond donors (Lipinski definition) is 1. The van der Waals surface area contributed by atoms with Gasteiger partial charge in [-0.1, -0.05) is 25.9 Å². The fourth-order valence-electron chi connectivity index (χ4n) is 4.83. The molecule has 3 aliphatic heterocycles. The number of likely N-dealkylation sites (tertiary alicyclic amines) is 1. The normalized spacial score (nSPS) is 28.7. The van der Waals surface area contributed by atoms with Gasteiger partial charge in [-0.15, -0.1) is 0 Å². The molecule has 1 N–H and O–H groups in total. The van der Waals surface area contributed by atoms with Crippen LogP contribution in [0, 0.1) is 5.92 Å². The third-order valence-electron chi connectivity index (χ3n) is 6.73. The summed E-state index contributed by atoms with van der Waals surface area (Å²) in [6, 6.07) is 2.10. The second-order valence-electron chi connectivity index (χ2n) is 9.95. The lowest BCUT2D eigenvalue weighted by Gasteiger charge is -2.34. The number of hydrogen-bond acceptors (Lipinski definition) is 7. The van der Waals surface area contributed by atoms with E-state index in [0.717, 1.165) is 70.6 Å². The number of ether oxygens (including phenoxy) is 3. The van der Waals surface area contributed by atoms with Gasteiger partial charge in [0, 0.05) is 43.9 Å². The molecule has 3 fully saturated rings. The number of nitrogens with zero attached hydrogens (tertiary/aromatic N) is 2. The van der Waals surface area contributed by atoms with E-state index in [1.54, 1.807) is 0 Å². The van der Waals surface area contributed by atoms with Gasteiger partial charge in [-0.25, -0.2) is 0 Å². The van der Waals surface area contributed by atoms with Gasteiger partial charge in [0.2, 0.25) is 11.8 Å². The SMILES string of the molecule is CC1C[C@@H](C(=O)Nc2cc(C(C)(C)COC3CCCCO3)no2)N(C2CCOCC2)C1. The smallest absolute Gasteiger partial charge is 0.244 e. The summed E-state index contributed by atoms with van der Waals surface area (Å²) in [5.74, 6) is 0.888. The summed E-state index contributed by atoms with van der Waals surface area (Å²) in [6.07, 6.45) is 5.87. The molecule has 1 amide bonds. The summed E-state index contributed by atoms with van der Waals surface area (Å²) in [5.41, 5.74) is 0.420. The molecule has 3 atom stereocenters. The Morgan fingerprint density at radius 1 is 1.26 bits per heavy atom. The molecule has 8 nitrogen and oxygen atoms in total. The molecule has 8 heteroatoms. The third-order valence-corrected chi connectivity index (χ3v) is 6.73. The maximum Gasteiger partial charge on any atom is 0.244 e. The van der Waals surface area contributed by atoms with Gasteiger partial charge in [0.05, 0.1) is 18.3 Å². The minimum atomic E-state index is -0.344. The van der Waals surface area contributed by atoms with Crippen LogP contribution in [0.15, 0.2) is 10.6 Å². The highest BCUT2D eigenvalue weighted by molar-refractivity contribution is 5.94. The predicted octanol–water partition coefficient (Wildman–Crippen LogP) is 3.32. The van der Waals surface area contributed by atoms with Crippen molar-refractivity contribution < 1.29 is 23.5 Å². The van der Waals surface area contributed by atoms with Crippen molar-refractivity contribution in [2.24, 2.45) is 5.92 Å². The first kappa shape index (κ1) is 22.7. The van der Waals surface area contributed by atoms with E-state index in [1.165, 1.54) is 0 Å². The molecule has 0 aliphatic carbocycles. The number of carbonyl (C=O) groups excluding carboxylic acids is 1. The van der Waals surface area contributed by atoms with E-state index in [0.29, 0.717) is 24.5 Å². The summed E-state index contributed by atoms with van der Waals surface area (Å²) in [5, 5.41) is 7.18. The Kier molecular flexibility index (Phi) is 7.31. The number of amides is 1. The van der Waals surface area contributed by atoms with Crippen LogP contribution in [0.5, 0.6) is 0 Å². The molecule has 2 unspecified atom stereocenters. The monoisotopic (exact) mass is 435 g/mol. The Balaban J connectivity index is 1.34. The van der Waals surface area contributed by atoms with Gasteiger partial charge in [0.1, 0.15) is 0 Å². The Hall–Kier alpha value is -1.48. The van der Waals surface area contributed by atoms with Gasteiger partial charge in [0.25, 0.3) is 0 Å². The molecule has 0 spiro atoms. The lowest BCUT2D eigenvalue weighted by Crippen LogP contribution is -2.47. The van der Waals surface area contributed by atoms with E-state index in [1.807, 2.05) is 6.07 Å². The Morgan fingerprint density at radius 2 is 2.06 bits per heavy atom. The molecule has 174 valence electrons. The molecule has 0 aromatic carbocycles. The molecule has 3 aliphatic rings. The van der Waals surface area contributed by atoms with E-state index >= 15 is 0 Å². The van der Waals surface area contributed by atoms with Crippen LogP contribution in [0.1, 0.15) is 65.0 Å². The van der Waals surface area contributed by atoms with Crippen LogP contribution in [0.2, 0.25) is 0 Å². The molecule has 4 heterocycles. The molecule has 4 rings (SSSR count). The molecule has 1 aromatic heterocycles. The van der Waals surface area contributed by atoms with E-state index in [9.17, 15) is 4.79 Å². The summed E-state index contributed by atoms with van der Waals surface area (Å²) in [4.78, 5) is 15.5. The fraction of sp³-hybridized carbons (Fsp3) is 0.826. The highest BCUT2D eigenvalue weighted by atomic mass is 16.7. The maximum atomic E-state index is 13.1. The van der Waals surface area contributed by atoms with Crippen LogP contribution >= 0.6 is 0 Å². The van der Waals surface area contributed by atoms with Crippen molar-refractivity contribution in [1.82, 2.24) is 10.1 Å².